The number of rotatable bonds is 3. The molecule has 0 spiro atoms. The average Bonchev–Trinajstić information content (AvgIpc) is 2.67. The van der Waals surface area contributed by atoms with Crippen LogP contribution in [0.1, 0.15) is 40.0 Å². The normalized spacial score (nSPS) is 17.3. The van der Waals surface area contributed by atoms with Gasteiger partial charge < -0.3 is 10.2 Å². The number of piperazine rings is 1. The topological polar surface area (TPSA) is 56.1 Å². The molecule has 1 atom stereocenters. The zero-order chi connectivity index (χ0) is 16.9. The fraction of sp³-hybridized carbons (Fsp3) is 0.300. The Morgan fingerprint density at radius 1 is 1.21 bits per heavy atom. The summed E-state index contributed by atoms with van der Waals surface area (Å²) in [6.07, 6.45) is 1.01. The highest BCUT2D eigenvalue weighted by Crippen LogP contribution is 2.25. The van der Waals surface area contributed by atoms with Gasteiger partial charge in [0.25, 0.3) is 5.91 Å². The Balaban J connectivity index is 1.85. The van der Waals surface area contributed by atoms with E-state index in [1.165, 1.54) is 5.56 Å². The molecule has 1 aliphatic rings. The summed E-state index contributed by atoms with van der Waals surface area (Å²) in [6, 6.07) is 17.5. The van der Waals surface area contributed by atoms with Crippen LogP contribution in [-0.2, 0) is 6.42 Å². The first-order valence-electron chi connectivity index (χ1n) is 8.33. The number of hydrogen-bond donors (Lipinski definition) is 1. The van der Waals surface area contributed by atoms with E-state index in [1.54, 1.807) is 24.3 Å². The second kappa shape index (κ2) is 7.29. The summed E-state index contributed by atoms with van der Waals surface area (Å²) in [5.74, 6) is 0.0190. The summed E-state index contributed by atoms with van der Waals surface area (Å²) < 4.78 is 0. The SMILES string of the molecule is CCc1ccc(C2CNCCN2C(=O)c2ccc(C#N)cc2)cc1. The number of nitrogens with one attached hydrogen (secondary N) is 1. The molecule has 0 bridgehead atoms. The summed E-state index contributed by atoms with van der Waals surface area (Å²) in [7, 11) is 0. The van der Waals surface area contributed by atoms with Crippen molar-refractivity contribution in [1.29, 1.82) is 5.26 Å². The van der Waals surface area contributed by atoms with Gasteiger partial charge in [0.2, 0.25) is 0 Å². The van der Waals surface area contributed by atoms with Gasteiger partial charge in [-0.25, -0.2) is 0 Å². The Hall–Kier alpha value is -2.64. The van der Waals surface area contributed by atoms with Crippen LogP contribution in [0.3, 0.4) is 0 Å². The number of nitriles is 1. The van der Waals surface area contributed by atoms with E-state index in [4.69, 9.17) is 5.26 Å². The number of benzene rings is 2. The third-order valence-corrected chi connectivity index (χ3v) is 4.54. The zero-order valence-electron chi connectivity index (χ0n) is 13.8. The van der Waals surface area contributed by atoms with Crippen molar-refractivity contribution in [3.8, 4) is 6.07 Å². The molecule has 4 heteroatoms. The Bertz CT molecular complexity index is 744. The van der Waals surface area contributed by atoms with Crippen molar-refractivity contribution in [1.82, 2.24) is 10.2 Å². The van der Waals surface area contributed by atoms with Crippen LogP contribution in [0.25, 0.3) is 0 Å². The van der Waals surface area contributed by atoms with E-state index in [2.05, 4.69) is 42.6 Å². The maximum atomic E-state index is 12.9. The predicted octanol–water partition coefficient (Wildman–Crippen LogP) is 2.91. The Labute approximate surface area is 142 Å². The van der Waals surface area contributed by atoms with E-state index in [-0.39, 0.29) is 11.9 Å². The van der Waals surface area contributed by atoms with Crippen LogP contribution in [0, 0.1) is 11.3 Å². The quantitative estimate of drug-likeness (QED) is 0.946. The lowest BCUT2D eigenvalue weighted by Gasteiger charge is -2.36. The molecule has 0 saturated carbocycles. The van der Waals surface area contributed by atoms with E-state index >= 15 is 0 Å². The van der Waals surface area contributed by atoms with Gasteiger partial charge in [0, 0.05) is 25.2 Å². The second-order valence-electron chi connectivity index (χ2n) is 6.00. The molecule has 0 aromatic heterocycles. The molecular formula is C20H21N3O. The molecule has 1 N–H and O–H groups in total. The standard InChI is InChI=1S/C20H21N3O/c1-2-15-3-7-17(8-4-15)19-14-22-11-12-23(19)20(24)18-9-5-16(13-21)6-10-18/h3-10,19,22H,2,11-12,14H2,1H3. The summed E-state index contributed by atoms with van der Waals surface area (Å²) in [5, 5.41) is 12.3. The van der Waals surface area contributed by atoms with Gasteiger partial charge in [-0.1, -0.05) is 31.2 Å². The fourth-order valence-electron chi connectivity index (χ4n) is 3.07. The first-order valence-corrected chi connectivity index (χ1v) is 8.33. The molecule has 24 heavy (non-hydrogen) atoms. The van der Waals surface area contributed by atoms with Gasteiger partial charge in [0.15, 0.2) is 0 Å². The number of carbonyl (C=O) groups is 1. The van der Waals surface area contributed by atoms with E-state index in [9.17, 15) is 4.79 Å². The van der Waals surface area contributed by atoms with Crippen LogP contribution in [0.4, 0.5) is 0 Å². The van der Waals surface area contributed by atoms with E-state index in [0.717, 1.165) is 25.1 Å². The first kappa shape index (κ1) is 16.2. The van der Waals surface area contributed by atoms with Gasteiger partial charge in [-0.05, 0) is 41.8 Å². The molecule has 1 unspecified atom stereocenters. The monoisotopic (exact) mass is 319 g/mol. The molecule has 122 valence electrons. The van der Waals surface area contributed by atoms with Crippen LogP contribution < -0.4 is 5.32 Å². The minimum atomic E-state index is 0.0190. The van der Waals surface area contributed by atoms with Crippen molar-refractivity contribution in [3.05, 3.63) is 70.8 Å². The molecule has 1 saturated heterocycles. The third kappa shape index (κ3) is 3.32. The third-order valence-electron chi connectivity index (χ3n) is 4.54. The van der Waals surface area contributed by atoms with Gasteiger partial charge >= 0.3 is 0 Å². The van der Waals surface area contributed by atoms with Crippen LogP contribution in [0.15, 0.2) is 48.5 Å². The van der Waals surface area contributed by atoms with E-state index in [0.29, 0.717) is 17.7 Å². The highest BCUT2D eigenvalue weighted by atomic mass is 16.2. The van der Waals surface area contributed by atoms with Gasteiger partial charge in [0.1, 0.15) is 0 Å². The predicted molar refractivity (Wildman–Crippen MR) is 93.6 cm³/mol. The number of amides is 1. The number of aryl methyl sites for hydroxylation is 1. The van der Waals surface area contributed by atoms with Gasteiger partial charge in [0.05, 0.1) is 17.7 Å². The smallest absolute Gasteiger partial charge is 0.254 e. The summed E-state index contributed by atoms with van der Waals surface area (Å²) in [4.78, 5) is 14.9. The van der Waals surface area contributed by atoms with Crippen molar-refractivity contribution in [2.75, 3.05) is 19.6 Å². The van der Waals surface area contributed by atoms with Gasteiger partial charge in [-0.15, -0.1) is 0 Å². The molecular weight excluding hydrogens is 298 g/mol. The second-order valence-corrected chi connectivity index (χ2v) is 6.00. The minimum absolute atomic E-state index is 0.0190. The van der Waals surface area contributed by atoms with Crippen molar-refractivity contribution in [2.24, 2.45) is 0 Å². The number of hydrogen-bond acceptors (Lipinski definition) is 3. The molecule has 1 amide bonds. The average molecular weight is 319 g/mol. The Kier molecular flexibility index (Phi) is 4.93. The van der Waals surface area contributed by atoms with Crippen LogP contribution in [0.2, 0.25) is 0 Å². The molecule has 2 aromatic rings. The number of nitrogens with zero attached hydrogens (tertiary/aromatic N) is 2. The minimum Gasteiger partial charge on any atom is -0.329 e. The van der Waals surface area contributed by atoms with Gasteiger partial charge in [-0.3, -0.25) is 4.79 Å². The molecule has 1 aliphatic heterocycles. The molecule has 4 nitrogen and oxygen atoms in total. The van der Waals surface area contributed by atoms with E-state index < -0.39 is 0 Å². The summed E-state index contributed by atoms with van der Waals surface area (Å²) in [6.45, 7) is 4.37. The maximum absolute atomic E-state index is 12.9. The Morgan fingerprint density at radius 2 is 1.92 bits per heavy atom. The highest BCUT2D eigenvalue weighted by Gasteiger charge is 2.28. The lowest BCUT2D eigenvalue weighted by atomic mass is 10.00. The van der Waals surface area contributed by atoms with E-state index in [1.807, 2.05) is 4.90 Å². The first-order chi connectivity index (χ1) is 11.7. The molecule has 3 rings (SSSR count). The molecule has 0 radical (unpaired) electrons. The van der Waals surface area contributed by atoms with Crippen molar-refractivity contribution >= 4 is 5.91 Å². The molecule has 1 heterocycles. The Morgan fingerprint density at radius 3 is 2.54 bits per heavy atom. The lowest BCUT2D eigenvalue weighted by Crippen LogP contribution is -2.48. The molecule has 2 aromatic carbocycles. The number of carbonyl (C=O) groups excluding carboxylic acids is 1. The molecule has 0 aliphatic carbocycles. The largest absolute Gasteiger partial charge is 0.329 e. The van der Waals surface area contributed by atoms with Crippen molar-refractivity contribution < 1.29 is 4.79 Å². The molecule has 1 fully saturated rings. The van der Waals surface area contributed by atoms with Crippen molar-refractivity contribution in [2.45, 2.75) is 19.4 Å². The zero-order valence-corrected chi connectivity index (χ0v) is 13.8. The van der Waals surface area contributed by atoms with Crippen LogP contribution >= 0.6 is 0 Å². The van der Waals surface area contributed by atoms with Crippen molar-refractivity contribution in [3.63, 3.8) is 0 Å². The fourth-order valence-corrected chi connectivity index (χ4v) is 3.07. The van der Waals surface area contributed by atoms with Crippen LogP contribution in [-0.4, -0.2) is 30.4 Å². The summed E-state index contributed by atoms with van der Waals surface area (Å²) in [5.41, 5.74) is 3.65. The highest BCUT2D eigenvalue weighted by molar-refractivity contribution is 5.94. The summed E-state index contributed by atoms with van der Waals surface area (Å²) >= 11 is 0. The maximum Gasteiger partial charge on any atom is 0.254 e. The van der Waals surface area contributed by atoms with Crippen LogP contribution in [0.5, 0.6) is 0 Å². The van der Waals surface area contributed by atoms with Gasteiger partial charge in [-0.2, -0.15) is 5.26 Å². The lowest BCUT2D eigenvalue weighted by molar-refractivity contribution is 0.0634.